The summed E-state index contributed by atoms with van der Waals surface area (Å²) in [5.74, 6) is 0.787. The molecule has 0 amide bonds. The average Bonchev–Trinajstić information content (AvgIpc) is 2.45. The Kier molecular flexibility index (Phi) is 3.62. The molecule has 0 fully saturated rings. The van der Waals surface area contributed by atoms with Crippen LogP contribution in [0.4, 0.5) is 0 Å². The van der Waals surface area contributed by atoms with E-state index >= 15 is 0 Å². The first-order chi connectivity index (χ1) is 9.65. The van der Waals surface area contributed by atoms with Crippen molar-refractivity contribution in [2.75, 3.05) is 6.61 Å². The van der Waals surface area contributed by atoms with Crippen molar-refractivity contribution in [3.05, 3.63) is 63.1 Å². The van der Waals surface area contributed by atoms with E-state index in [1.165, 1.54) is 0 Å². The lowest BCUT2D eigenvalue weighted by Crippen LogP contribution is -2.13. The first kappa shape index (κ1) is 13.4. The van der Waals surface area contributed by atoms with Crippen molar-refractivity contribution < 1.29 is 9.53 Å². The third-order valence-electron chi connectivity index (χ3n) is 3.48. The van der Waals surface area contributed by atoms with Crippen LogP contribution in [0.1, 0.15) is 33.5 Å². The van der Waals surface area contributed by atoms with Gasteiger partial charge in [0, 0.05) is 10.0 Å². The molecule has 2 aromatic carbocycles. The number of rotatable bonds is 2. The molecule has 0 saturated heterocycles. The average molecular weight is 331 g/mol. The second-order valence-corrected chi connectivity index (χ2v) is 6.01. The second kappa shape index (κ2) is 5.41. The van der Waals surface area contributed by atoms with Crippen molar-refractivity contribution in [3.63, 3.8) is 0 Å². The Morgan fingerprint density at radius 2 is 2.10 bits per heavy atom. The molecule has 0 N–H and O–H groups in total. The normalized spacial score (nSPS) is 13.5. The molecule has 0 aliphatic carbocycles. The molecule has 3 rings (SSSR count). The third kappa shape index (κ3) is 2.50. The highest BCUT2D eigenvalue weighted by Crippen LogP contribution is 2.31. The van der Waals surface area contributed by atoms with Gasteiger partial charge in [0.1, 0.15) is 5.75 Å². The van der Waals surface area contributed by atoms with Crippen LogP contribution in [0.2, 0.25) is 0 Å². The van der Waals surface area contributed by atoms with Gasteiger partial charge in [0.2, 0.25) is 0 Å². The van der Waals surface area contributed by atoms with E-state index in [9.17, 15) is 4.79 Å². The minimum atomic E-state index is 0.0214. The fraction of sp³-hybridized carbons (Fsp3) is 0.235. The SMILES string of the molecule is Cc1cc(Br)cc(C(=O)c2cccc3c2OCCC3)c1. The van der Waals surface area contributed by atoms with Gasteiger partial charge in [-0.15, -0.1) is 0 Å². The van der Waals surface area contributed by atoms with Crippen LogP contribution in [0.3, 0.4) is 0 Å². The molecule has 102 valence electrons. The minimum Gasteiger partial charge on any atom is -0.493 e. The number of halogens is 1. The summed E-state index contributed by atoms with van der Waals surface area (Å²) >= 11 is 3.45. The van der Waals surface area contributed by atoms with Gasteiger partial charge in [-0.05, 0) is 55.2 Å². The molecule has 0 unspecified atom stereocenters. The number of hydrogen-bond donors (Lipinski definition) is 0. The zero-order valence-electron chi connectivity index (χ0n) is 11.3. The third-order valence-corrected chi connectivity index (χ3v) is 3.94. The molecule has 2 nitrogen and oxygen atoms in total. The summed E-state index contributed by atoms with van der Waals surface area (Å²) in [7, 11) is 0. The molecule has 1 aliphatic heterocycles. The van der Waals surface area contributed by atoms with Crippen LogP contribution >= 0.6 is 15.9 Å². The molecule has 20 heavy (non-hydrogen) atoms. The number of hydrogen-bond acceptors (Lipinski definition) is 2. The van der Waals surface area contributed by atoms with Gasteiger partial charge in [0.25, 0.3) is 0 Å². The highest BCUT2D eigenvalue weighted by molar-refractivity contribution is 9.10. The minimum absolute atomic E-state index is 0.0214. The molecule has 0 radical (unpaired) electrons. The van der Waals surface area contributed by atoms with E-state index in [2.05, 4.69) is 15.9 Å². The number of benzene rings is 2. The van der Waals surface area contributed by atoms with Gasteiger partial charge in [0.15, 0.2) is 5.78 Å². The fourth-order valence-electron chi connectivity index (χ4n) is 2.59. The smallest absolute Gasteiger partial charge is 0.196 e. The first-order valence-corrected chi connectivity index (χ1v) is 7.51. The molecule has 1 aliphatic rings. The summed E-state index contributed by atoms with van der Waals surface area (Å²) in [4.78, 5) is 12.7. The Morgan fingerprint density at radius 3 is 2.90 bits per heavy atom. The Hall–Kier alpha value is -1.61. The summed E-state index contributed by atoms with van der Waals surface area (Å²) in [5, 5.41) is 0. The second-order valence-electron chi connectivity index (χ2n) is 5.09. The highest BCUT2D eigenvalue weighted by atomic mass is 79.9. The summed E-state index contributed by atoms with van der Waals surface area (Å²) in [6.07, 6.45) is 1.99. The number of para-hydroxylation sites is 1. The van der Waals surface area contributed by atoms with Crippen LogP contribution in [-0.4, -0.2) is 12.4 Å². The molecular weight excluding hydrogens is 316 g/mol. The van der Waals surface area contributed by atoms with Crippen molar-refractivity contribution in [1.82, 2.24) is 0 Å². The maximum absolute atomic E-state index is 12.7. The van der Waals surface area contributed by atoms with Crippen LogP contribution in [0.5, 0.6) is 5.75 Å². The molecule has 1 heterocycles. The predicted molar refractivity (Wildman–Crippen MR) is 82.6 cm³/mol. The maximum Gasteiger partial charge on any atom is 0.196 e. The Morgan fingerprint density at radius 1 is 1.25 bits per heavy atom. The first-order valence-electron chi connectivity index (χ1n) is 6.72. The van der Waals surface area contributed by atoms with Gasteiger partial charge in [0.05, 0.1) is 12.2 Å². The zero-order chi connectivity index (χ0) is 14.1. The van der Waals surface area contributed by atoms with E-state index in [4.69, 9.17) is 4.74 Å². The molecule has 0 saturated carbocycles. The van der Waals surface area contributed by atoms with Crippen LogP contribution in [0, 0.1) is 6.92 Å². The predicted octanol–water partition coefficient (Wildman–Crippen LogP) is 4.31. The largest absolute Gasteiger partial charge is 0.493 e. The van der Waals surface area contributed by atoms with Crippen LogP contribution < -0.4 is 4.74 Å². The Labute approximate surface area is 126 Å². The van der Waals surface area contributed by atoms with Gasteiger partial charge in [-0.2, -0.15) is 0 Å². The van der Waals surface area contributed by atoms with Crippen LogP contribution in [0.15, 0.2) is 40.9 Å². The van der Waals surface area contributed by atoms with Crippen LogP contribution in [-0.2, 0) is 6.42 Å². The monoisotopic (exact) mass is 330 g/mol. The van der Waals surface area contributed by atoms with Crippen molar-refractivity contribution in [1.29, 1.82) is 0 Å². The van der Waals surface area contributed by atoms with Gasteiger partial charge in [-0.3, -0.25) is 4.79 Å². The number of aryl methyl sites for hydroxylation is 2. The van der Waals surface area contributed by atoms with Crippen LogP contribution in [0.25, 0.3) is 0 Å². The van der Waals surface area contributed by atoms with Crippen molar-refractivity contribution in [3.8, 4) is 5.75 Å². The van der Waals surface area contributed by atoms with Crippen molar-refractivity contribution in [2.45, 2.75) is 19.8 Å². The van der Waals surface area contributed by atoms with Crippen molar-refractivity contribution in [2.24, 2.45) is 0 Å². The molecule has 0 bridgehead atoms. The van der Waals surface area contributed by atoms with E-state index in [0.29, 0.717) is 17.7 Å². The fourth-order valence-corrected chi connectivity index (χ4v) is 3.20. The number of carbonyl (C=O) groups excluding carboxylic acids is 1. The number of fused-ring (bicyclic) bond motifs is 1. The molecule has 0 atom stereocenters. The maximum atomic E-state index is 12.7. The van der Waals surface area contributed by atoms with E-state index in [1.54, 1.807) is 0 Å². The van der Waals surface area contributed by atoms with E-state index in [1.807, 2.05) is 43.3 Å². The lowest BCUT2D eigenvalue weighted by Gasteiger charge is -2.19. The summed E-state index contributed by atoms with van der Waals surface area (Å²) in [6.45, 7) is 2.67. The van der Waals surface area contributed by atoms with Gasteiger partial charge >= 0.3 is 0 Å². The molecular formula is C17H15BrO2. The Bertz CT molecular complexity index is 656. The standard InChI is InChI=1S/C17H15BrO2/c1-11-8-13(10-14(18)9-11)16(19)15-6-2-4-12-5-3-7-20-17(12)15/h2,4,6,8-10H,3,5,7H2,1H3. The summed E-state index contributed by atoms with van der Waals surface area (Å²) in [6, 6.07) is 11.6. The number of ether oxygens (including phenoxy) is 1. The Balaban J connectivity index is 2.06. The van der Waals surface area contributed by atoms with E-state index < -0.39 is 0 Å². The molecule has 0 spiro atoms. The van der Waals surface area contributed by atoms with Crippen molar-refractivity contribution >= 4 is 21.7 Å². The topological polar surface area (TPSA) is 26.3 Å². The number of ketones is 1. The summed E-state index contributed by atoms with van der Waals surface area (Å²) in [5.41, 5.74) is 3.56. The lowest BCUT2D eigenvalue weighted by atomic mass is 9.96. The van der Waals surface area contributed by atoms with Gasteiger partial charge in [-0.1, -0.05) is 28.1 Å². The van der Waals surface area contributed by atoms with Gasteiger partial charge in [-0.25, -0.2) is 0 Å². The molecule has 3 heteroatoms. The zero-order valence-corrected chi connectivity index (χ0v) is 12.9. The van der Waals surface area contributed by atoms with E-state index in [-0.39, 0.29) is 5.78 Å². The summed E-state index contributed by atoms with van der Waals surface area (Å²) < 4.78 is 6.65. The highest BCUT2D eigenvalue weighted by Gasteiger charge is 2.20. The molecule has 0 aromatic heterocycles. The lowest BCUT2D eigenvalue weighted by molar-refractivity contribution is 0.103. The molecule has 2 aromatic rings. The number of carbonyl (C=O) groups is 1. The van der Waals surface area contributed by atoms with E-state index in [0.717, 1.165) is 34.2 Å². The van der Waals surface area contributed by atoms with Gasteiger partial charge < -0.3 is 4.74 Å². The quantitative estimate of drug-likeness (QED) is 0.767.